The fourth-order valence-electron chi connectivity index (χ4n) is 5.61. The Balaban J connectivity index is 1.15. The molecule has 0 N–H and O–H groups in total. The lowest BCUT2D eigenvalue weighted by Gasteiger charge is -2.42. The number of nitrogens with zero attached hydrogens (tertiary/aromatic N) is 3. The van der Waals surface area contributed by atoms with Crippen molar-refractivity contribution < 1.29 is 14.3 Å². The van der Waals surface area contributed by atoms with Crippen LogP contribution < -0.4 is 14.7 Å². The molecule has 2 aliphatic heterocycles. The zero-order valence-corrected chi connectivity index (χ0v) is 23.0. The Bertz CT molecular complexity index is 1200. The normalized spacial score (nSPS) is 17.4. The van der Waals surface area contributed by atoms with Crippen LogP contribution >= 0.6 is 11.6 Å². The maximum absolute atomic E-state index is 11.9. The molecule has 0 bridgehead atoms. The van der Waals surface area contributed by atoms with Gasteiger partial charge in [0.1, 0.15) is 0 Å². The summed E-state index contributed by atoms with van der Waals surface area (Å²) in [6, 6.07) is 24.8. The molecule has 0 spiro atoms. The van der Waals surface area contributed by atoms with Crippen LogP contribution in [0.25, 0.3) is 0 Å². The lowest BCUT2D eigenvalue weighted by atomic mass is 9.84. The summed E-state index contributed by atoms with van der Waals surface area (Å²) in [7, 11) is 1.82. The summed E-state index contributed by atoms with van der Waals surface area (Å²) < 4.78 is 11.1. The van der Waals surface area contributed by atoms with Crippen LogP contribution in [-0.4, -0.2) is 59.0 Å². The summed E-state index contributed by atoms with van der Waals surface area (Å²) >= 11 is 6.10. The van der Waals surface area contributed by atoms with Crippen molar-refractivity contribution in [2.75, 3.05) is 67.7 Å². The molecule has 0 atom stereocenters. The quantitative estimate of drug-likeness (QED) is 0.348. The highest BCUT2D eigenvalue weighted by Crippen LogP contribution is 2.38. The largest absolute Gasteiger partial charge is 0.462 e. The van der Waals surface area contributed by atoms with Crippen molar-refractivity contribution >= 4 is 34.6 Å². The fourth-order valence-corrected chi connectivity index (χ4v) is 5.74. The van der Waals surface area contributed by atoms with Gasteiger partial charge in [0.15, 0.2) is 0 Å². The highest BCUT2D eigenvalue weighted by molar-refractivity contribution is 6.30. The maximum atomic E-state index is 11.9. The van der Waals surface area contributed by atoms with Crippen molar-refractivity contribution in [1.29, 1.82) is 0 Å². The predicted octanol–water partition coefficient (Wildman–Crippen LogP) is 5.99. The van der Waals surface area contributed by atoms with Crippen molar-refractivity contribution in [2.24, 2.45) is 0 Å². The van der Waals surface area contributed by atoms with Crippen molar-refractivity contribution in [1.82, 2.24) is 0 Å². The van der Waals surface area contributed by atoms with E-state index in [1.165, 1.54) is 16.9 Å². The molecule has 7 heteroatoms. The molecule has 200 valence electrons. The summed E-state index contributed by atoms with van der Waals surface area (Å²) in [4.78, 5) is 19.2. The van der Waals surface area contributed by atoms with Gasteiger partial charge >= 0.3 is 5.97 Å². The second-order valence-electron chi connectivity index (χ2n) is 9.95. The second-order valence-corrected chi connectivity index (χ2v) is 10.4. The topological polar surface area (TPSA) is 45.2 Å². The van der Waals surface area contributed by atoms with Gasteiger partial charge in [-0.3, -0.25) is 0 Å². The van der Waals surface area contributed by atoms with Gasteiger partial charge in [-0.25, -0.2) is 4.79 Å². The summed E-state index contributed by atoms with van der Waals surface area (Å²) in [5.41, 5.74) is 5.21. The molecule has 3 aromatic carbocycles. The Labute approximate surface area is 230 Å². The Morgan fingerprint density at radius 2 is 1.18 bits per heavy atom. The lowest BCUT2D eigenvalue weighted by molar-refractivity contribution is -0.0346. The van der Waals surface area contributed by atoms with Crippen molar-refractivity contribution in [3.05, 3.63) is 88.9 Å². The summed E-state index contributed by atoms with van der Waals surface area (Å²) in [6.45, 7) is 7.91. The number of carbonyl (C=O) groups excluding carboxylic acids is 1. The van der Waals surface area contributed by atoms with Crippen LogP contribution in [-0.2, 0) is 15.1 Å². The van der Waals surface area contributed by atoms with Crippen LogP contribution in [0, 0.1) is 0 Å². The maximum Gasteiger partial charge on any atom is 0.338 e. The molecule has 0 aliphatic carbocycles. The van der Waals surface area contributed by atoms with Gasteiger partial charge < -0.3 is 24.2 Å². The van der Waals surface area contributed by atoms with E-state index in [9.17, 15) is 4.79 Å². The summed E-state index contributed by atoms with van der Waals surface area (Å²) in [5.74, 6) is -0.267. The number of halogens is 1. The molecule has 0 aromatic heterocycles. The molecule has 0 amide bonds. The molecule has 6 nitrogen and oxygen atoms in total. The average Bonchev–Trinajstić information content (AvgIpc) is 2.98. The molecule has 0 saturated carbocycles. The van der Waals surface area contributed by atoms with E-state index < -0.39 is 0 Å². The molecular weight excluding hydrogens is 498 g/mol. The Kier molecular flexibility index (Phi) is 8.10. The van der Waals surface area contributed by atoms with Gasteiger partial charge in [0.2, 0.25) is 0 Å². The lowest BCUT2D eigenvalue weighted by Crippen LogP contribution is -2.46. The first-order chi connectivity index (χ1) is 18.5. The van der Waals surface area contributed by atoms with Crippen LogP contribution in [0.2, 0.25) is 5.02 Å². The molecule has 2 heterocycles. The average molecular weight is 534 g/mol. The van der Waals surface area contributed by atoms with Gasteiger partial charge in [0.25, 0.3) is 0 Å². The minimum absolute atomic E-state index is 0.250. The van der Waals surface area contributed by atoms with Crippen molar-refractivity contribution in [3.63, 3.8) is 0 Å². The molecule has 3 aromatic rings. The number of methoxy groups -OCH3 is 1. The third-order valence-corrected chi connectivity index (χ3v) is 8.19. The molecule has 2 fully saturated rings. The Morgan fingerprint density at radius 3 is 1.63 bits per heavy atom. The third-order valence-electron chi connectivity index (χ3n) is 7.94. The SMILES string of the molecule is CCOC(=O)c1ccc(N2CCN(c3ccc(N4CCC(OC)(c5ccc(Cl)cc5)CC4)cc3)CC2)cc1. The smallest absolute Gasteiger partial charge is 0.338 e. The van der Waals surface area contributed by atoms with Gasteiger partial charge in [-0.05, 0) is 86.0 Å². The van der Waals surface area contributed by atoms with E-state index in [0.717, 1.165) is 62.8 Å². The van der Waals surface area contributed by atoms with E-state index in [1.807, 2.05) is 50.4 Å². The number of esters is 1. The van der Waals surface area contributed by atoms with Crippen molar-refractivity contribution in [3.8, 4) is 0 Å². The highest BCUT2D eigenvalue weighted by atomic mass is 35.5. The molecule has 0 radical (unpaired) electrons. The number of anilines is 3. The zero-order valence-electron chi connectivity index (χ0n) is 22.2. The standard InChI is InChI=1S/C31H36ClN3O3/c1-3-38-30(36)24-4-10-27(11-5-24)34-20-22-35(23-21-34)29-14-12-28(13-15-29)33-18-16-31(37-2,17-19-33)25-6-8-26(32)9-7-25/h4-15H,3,16-23H2,1-2H3. The minimum Gasteiger partial charge on any atom is -0.462 e. The second kappa shape index (κ2) is 11.7. The molecule has 0 unspecified atom stereocenters. The fraction of sp³-hybridized carbons (Fsp3) is 0.387. The van der Waals surface area contributed by atoms with Crippen LogP contribution in [0.5, 0.6) is 0 Å². The molecule has 38 heavy (non-hydrogen) atoms. The third kappa shape index (κ3) is 5.62. The number of rotatable bonds is 7. The molecule has 2 saturated heterocycles. The molecule has 2 aliphatic rings. The van der Waals surface area contributed by atoms with E-state index in [-0.39, 0.29) is 11.6 Å². The number of piperidine rings is 1. The molecule has 5 rings (SSSR count). The van der Waals surface area contributed by atoms with Gasteiger partial charge in [0, 0.05) is 68.5 Å². The first-order valence-corrected chi connectivity index (χ1v) is 13.8. The van der Waals surface area contributed by atoms with Crippen molar-refractivity contribution in [2.45, 2.75) is 25.4 Å². The number of hydrogen-bond acceptors (Lipinski definition) is 6. The van der Waals surface area contributed by atoms with E-state index >= 15 is 0 Å². The van der Waals surface area contributed by atoms with Crippen LogP contribution in [0.3, 0.4) is 0 Å². The van der Waals surface area contributed by atoms with Crippen LogP contribution in [0.1, 0.15) is 35.7 Å². The number of carbonyl (C=O) groups is 1. The predicted molar refractivity (Wildman–Crippen MR) is 155 cm³/mol. The van der Waals surface area contributed by atoms with Gasteiger partial charge in [0.05, 0.1) is 17.8 Å². The first-order valence-electron chi connectivity index (χ1n) is 13.4. The molecular formula is C31H36ClN3O3. The van der Waals surface area contributed by atoms with Gasteiger partial charge in [-0.1, -0.05) is 23.7 Å². The Hall–Kier alpha value is -3.22. The number of hydrogen-bond donors (Lipinski definition) is 0. The van der Waals surface area contributed by atoms with Gasteiger partial charge in [-0.2, -0.15) is 0 Å². The van der Waals surface area contributed by atoms with Crippen LogP contribution in [0.4, 0.5) is 17.1 Å². The summed E-state index contributed by atoms with van der Waals surface area (Å²) in [5, 5.41) is 0.753. The minimum atomic E-state index is -0.267. The Morgan fingerprint density at radius 1 is 0.737 bits per heavy atom. The highest BCUT2D eigenvalue weighted by Gasteiger charge is 2.36. The monoisotopic (exact) mass is 533 g/mol. The van der Waals surface area contributed by atoms with E-state index in [4.69, 9.17) is 21.1 Å². The number of piperazine rings is 1. The van der Waals surface area contributed by atoms with E-state index in [2.05, 4.69) is 51.1 Å². The first kappa shape index (κ1) is 26.4. The van der Waals surface area contributed by atoms with E-state index in [0.29, 0.717) is 12.2 Å². The summed E-state index contributed by atoms with van der Waals surface area (Å²) in [6.07, 6.45) is 1.88. The number of benzene rings is 3. The number of ether oxygens (including phenoxy) is 2. The van der Waals surface area contributed by atoms with Gasteiger partial charge in [-0.15, -0.1) is 0 Å². The van der Waals surface area contributed by atoms with E-state index in [1.54, 1.807) is 0 Å². The van der Waals surface area contributed by atoms with Crippen LogP contribution in [0.15, 0.2) is 72.8 Å². The zero-order chi connectivity index (χ0) is 26.5.